The number of nitrogens with two attached hydrogens (primary N) is 1. The molecular formula is C12H11ClN2O. The summed E-state index contributed by atoms with van der Waals surface area (Å²) in [5, 5.41) is 0.589. The Bertz CT molecular complexity index is 514. The minimum Gasteiger partial charge on any atom is -0.453 e. The fourth-order valence-corrected chi connectivity index (χ4v) is 1.45. The van der Waals surface area contributed by atoms with Crippen molar-refractivity contribution in [1.29, 1.82) is 0 Å². The van der Waals surface area contributed by atoms with Gasteiger partial charge in [-0.2, -0.15) is 0 Å². The molecule has 0 amide bonds. The largest absolute Gasteiger partial charge is 0.453 e. The fourth-order valence-electron chi connectivity index (χ4n) is 1.29. The first-order valence-electron chi connectivity index (χ1n) is 4.81. The number of rotatable bonds is 2. The maximum Gasteiger partial charge on any atom is 0.151 e. The molecule has 1 heterocycles. The van der Waals surface area contributed by atoms with Gasteiger partial charge in [-0.05, 0) is 31.2 Å². The van der Waals surface area contributed by atoms with E-state index in [0.717, 1.165) is 5.69 Å². The summed E-state index contributed by atoms with van der Waals surface area (Å²) in [5.41, 5.74) is 7.14. The topological polar surface area (TPSA) is 48.1 Å². The number of aromatic nitrogens is 1. The van der Waals surface area contributed by atoms with E-state index in [1.807, 2.05) is 19.1 Å². The minimum atomic E-state index is 0.545. The molecule has 0 spiro atoms. The quantitative estimate of drug-likeness (QED) is 0.810. The van der Waals surface area contributed by atoms with Crippen molar-refractivity contribution in [2.45, 2.75) is 6.92 Å². The van der Waals surface area contributed by atoms with E-state index in [1.165, 1.54) is 0 Å². The first-order valence-corrected chi connectivity index (χ1v) is 5.19. The van der Waals surface area contributed by atoms with Crippen LogP contribution in [0.15, 0.2) is 36.5 Å². The third-order valence-electron chi connectivity index (χ3n) is 2.15. The zero-order chi connectivity index (χ0) is 11.5. The van der Waals surface area contributed by atoms with Gasteiger partial charge < -0.3 is 10.5 Å². The van der Waals surface area contributed by atoms with E-state index in [1.54, 1.807) is 24.4 Å². The van der Waals surface area contributed by atoms with Crippen molar-refractivity contribution in [3.63, 3.8) is 0 Å². The lowest BCUT2D eigenvalue weighted by Gasteiger charge is -2.09. The van der Waals surface area contributed by atoms with Gasteiger partial charge >= 0.3 is 0 Å². The fraction of sp³-hybridized carbons (Fsp3) is 0.0833. The molecule has 0 bridgehead atoms. The van der Waals surface area contributed by atoms with Crippen LogP contribution in [0.25, 0.3) is 0 Å². The molecule has 16 heavy (non-hydrogen) atoms. The Kier molecular flexibility index (Phi) is 2.97. The highest BCUT2D eigenvalue weighted by molar-refractivity contribution is 6.30. The van der Waals surface area contributed by atoms with Crippen molar-refractivity contribution in [2.75, 3.05) is 5.73 Å². The van der Waals surface area contributed by atoms with Gasteiger partial charge in [-0.15, -0.1) is 0 Å². The van der Waals surface area contributed by atoms with E-state index >= 15 is 0 Å². The van der Waals surface area contributed by atoms with Crippen LogP contribution in [-0.4, -0.2) is 4.98 Å². The van der Waals surface area contributed by atoms with Gasteiger partial charge in [-0.1, -0.05) is 11.6 Å². The summed E-state index contributed by atoms with van der Waals surface area (Å²) in [6.45, 7) is 1.87. The van der Waals surface area contributed by atoms with Gasteiger partial charge in [0.05, 0.1) is 11.4 Å². The Morgan fingerprint density at radius 3 is 2.81 bits per heavy atom. The number of pyridine rings is 1. The summed E-state index contributed by atoms with van der Waals surface area (Å²) in [6, 6.07) is 8.76. The number of ether oxygens (including phenoxy) is 1. The summed E-state index contributed by atoms with van der Waals surface area (Å²) in [6.07, 6.45) is 1.71. The highest BCUT2D eigenvalue weighted by atomic mass is 35.5. The van der Waals surface area contributed by atoms with E-state index < -0.39 is 0 Å². The molecule has 0 saturated carbocycles. The van der Waals surface area contributed by atoms with E-state index in [2.05, 4.69) is 4.98 Å². The summed E-state index contributed by atoms with van der Waals surface area (Å²) in [4.78, 5) is 4.13. The summed E-state index contributed by atoms with van der Waals surface area (Å²) < 4.78 is 5.65. The maximum atomic E-state index is 5.87. The number of anilines is 1. The summed E-state index contributed by atoms with van der Waals surface area (Å²) >= 11 is 5.87. The molecule has 0 unspecified atom stereocenters. The maximum absolute atomic E-state index is 5.87. The van der Waals surface area contributed by atoms with Crippen LogP contribution in [-0.2, 0) is 0 Å². The number of hydrogen-bond donors (Lipinski definition) is 1. The third kappa shape index (κ3) is 2.25. The highest BCUT2D eigenvalue weighted by Crippen LogP contribution is 2.30. The second-order valence-electron chi connectivity index (χ2n) is 3.37. The smallest absolute Gasteiger partial charge is 0.151 e. The molecule has 0 saturated heterocycles. The van der Waals surface area contributed by atoms with E-state index in [-0.39, 0.29) is 0 Å². The summed E-state index contributed by atoms with van der Waals surface area (Å²) in [5.74, 6) is 1.22. The molecule has 4 heteroatoms. The Labute approximate surface area is 98.8 Å². The predicted octanol–water partition coefficient (Wildman–Crippen LogP) is 3.42. The number of nitrogen functional groups attached to an aromatic ring is 1. The van der Waals surface area contributed by atoms with Crippen molar-refractivity contribution in [2.24, 2.45) is 0 Å². The van der Waals surface area contributed by atoms with E-state index in [9.17, 15) is 0 Å². The van der Waals surface area contributed by atoms with Crippen LogP contribution in [0.3, 0.4) is 0 Å². The molecule has 1 aromatic carbocycles. The van der Waals surface area contributed by atoms with Gasteiger partial charge in [0.1, 0.15) is 5.75 Å². The Morgan fingerprint density at radius 1 is 1.25 bits per heavy atom. The molecule has 2 N–H and O–H groups in total. The SMILES string of the molecule is Cc1ncccc1Oc1cc(Cl)ccc1N. The average molecular weight is 235 g/mol. The second kappa shape index (κ2) is 4.41. The molecule has 0 aliphatic rings. The minimum absolute atomic E-state index is 0.545. The van der Waals surface area contributed by atoms with Gasteiger partial charge in [0.2, 0.25) is 0 Å². The lowest BCUT2D eigenvalue weighted by molar-refractivity contribution is 0.478. The number of hydrogen-bond acceptors (Lipinski definition) is 3. The number of nitrogens with zero attached hydrogens (tertiary/aromatic N) is 1. The van der Waals surface area contributed by atoms with Crippen LogP contribution in [0.4, 0.5) is 5.69 Å². The van der Waals surface area contributed by atoms with Crippen LogP contribution in [0.2, 0.25) is 5.02 Å². The first-order chi connectivity index (χ1) is 7.66. The van der Waals surface area contributed by atoms with Crippen LogP contribution in [0, 0.1) is 6.92 Å². The zero-order valence-electron chi connectivity index (χ0n) is 8.77. The van der Waals surface area contributed by atoms with Crippen molar-refractivity contribution in [1.82, 2.24) is 4.98 Å². The number of halogens is 1. The molecule has 0 fully saturated rings. The van der Waals surface area contributed by atoms with Crippen LogP contribution >= 0.6 is 11.6 Å². The molecular weight excluding hydrogens is 224 g/mol. The normalized spacial score (nSPS) is 10.1. The third-order valence-corrected chi connectivity index (χ3v) is 2.39. The van der Waals surface area contributed by atoms with E-state index in [0.29, 0.717) is 22.2 Å². The number of aryl methyl sites for hydroxylation is 1. The van der Waals surface area contributed by atoms with Crippen molar-refractivity contribution >= 4 is 17.3 Å². The Balaban J connectivity index is 2.34. The lowest BCUT2D eigenvalue weighted by atomic mass is 10.3. The molecule has 0 atom stereocenters. The van der Waals surface area contributed by atoms with Crippen molar-refractivity contribution < 1.29 is 4.74 Å². The standard InChI is InChI=1S/C12H11ClN2O/c1-8-11(3-2-6-15-8)16-12-7-9(13)4-5-10(12)14/h2-7H,14H2,1H3. The highest BCUT2D eigenvalue weighted by Gasteiger charge is 2.05. The Hall–Kier alpha value is -1.74. The molecule has 0 aliphatic heterocycles. The average Bonchev–Trinajstić information content (AvgIpc) is 2.27. The lowest BCUT2D eigenvalue weighted by Crippen LogP contribution is -1.94. The van der Waals surface area contributed by atoms with E-state index in [4.69, 9.17) is 22.1 Å². The second-order valence-corrected chi connectivity index (χ2v) is 3.81. The van der Waals surface area contributed by atoms with Gasteiger partial charge in [0.25, 0.3) is 0 Å². The summed E-state index contributed by atoms with van der Waals surface area (Å²) in [7, 11) is 0. The van der Waals surface area contributed by atoms with Crippen molar-refractivity contribution in [3.8, 4) is 11.5 Å². The van der Waals surface area contributed by atoms with Crippen LogP contribution < -0.4 is 10.5 Å². The predicted molar refractivity (Wildman–Crippen MR) is 64.9 cm³/mol. The van der Waals surface area contributed by atoms with Gasteiger partial charge in [-0.3, -0.25) is 4.98 Å². The number of benzene rings is 1. The molecule has 2 aromatic rings. The van der Waals surface area contributed by atoms with Gasteiger partial charge in [-0.25, -0.2) is 0 Å². The monoisotopic (exact) mass is 234 g/mol. The molecule has 0 aliphatic carbocycles. The molecule has 3 nitrogen and oxygen atoms in total. The molecule has 82 valence electrons. The first kappa shape index (κ1) is 10.8. The zero-order valence-corrected chi connectivity index (χ0v) is 9.53. The van der Waals surface area contributed by atoms with Crippen molar-refractivity contribution in [3.05, 3.63) is 47.2 Å². The Morgan fingerprint density at radius 2 is 2.06 bits per heavy atom. The van der Waals surface area contributed by atoms with Gasteiger partial charge in [0, 0.05) is 17.3 Å². The van der Waals surface area contributed by atoms with Crippen LogP contribution in [0.5, 0.6) is 11.5 Å². The van der Waals surface area contributed by atoms with Gasteiger partial charge in [0.15, 0.2) is 5.75 Å². The van der Waals surface area contributed by atoms with Crippen LogP contribution in [0.1, 0.15) is 5.69 Å². The molecule has 0 radical (unpaired) electrons. The molecule has 1 aromatic heterocycles. The molecule has 2 rings (SSSR count).